The summed E-state index contributed by atoms with van der Waals surface area (Å²) < 4.78 is 10.8. The molecule has 22 heavy (non-hydrogen) atoms. The molecular formula is C17H24N2O3. The molecule has 0 saturated carbocycles. The van der Waals surface area contributed by atoms with E-state index in [9.17, 15) is 4.79 Å². The summed E-state index contributed by atoms with van der Waals surface area (Å²) in [5, 5.41) is 3.48. The lowest BCUT2D eigenvalue weighted by Crippen LogP contribution is -2.42. The molecule has 2 saturated heterocycles. The molecule has 1 amide bonds. The lowest BCUT2D eigenvalue weighted by atomic mass is 9.96. The predicted molar refractivity (Wildman–Crippen MR) is 85.1 cm³/mol. The maximum atomic E-state index is 11.5. The van der Waals surface area contributed by atoms with Crippen LogP contribution in [-0.4, -0.2) is 38.0 Å². The molecule has 1 unspecified atom stereocenters. The van der Waals surface area contributed by atoms with Crippen molar-refractivity contribution in [3.63, 3.8) is 0 Å². The topological polar surface area (TPSA) is 50.8 Å². The molecule has 0 bridgehead atoms. The van der Waals surface area contributed by atoms with E-state index in [0.29, 0.717) is 13.2 Å². The highest BCUT2D eigenvalue weighted by molar-refractivity contribution is 5.89. The van der Waals surface area contributed by atoms with E-state index in [2.05, 4.69) is 24.4 Å². The molecular weight excluding hydrogens is 280 g/mol. The Bertz CT molecular complexity index is 509. The van der Waals surface area contributed by atoms with Gasteiger partial charge >= 0.3 is 6.09 Å². The molecule has 120 valence electrons. The van der Waals surface area contributed by atoms with E-state index in [4.69, 9.17) is 9.47 Å². The number of ether oxygens (including phenoxy) is 2. The molecule has 1 atom stereocenters. The van der Waals surface area contributed by atoms with Crippen LogP contribution in [0.2, 0.25) is 0 Å². The van der Waals surface area contributed by atoms with Gasteiger partial charge in [0.1, 0.15) is 6.61 Å². The molecule has 3 rings (SSSR count). The Hall–Kier alpha value is -1.59. The lowest BCUT2D eigenvalue weighted by molar-refractivity contribution is -0.0632. The van der Waals surface area contributed by atoms with Crippen LogP contribution in [0.15, 0.2) is 24.3 Å². The molecule has 2 heterocycles. The van der Waals surface area contributed by atoms with Crippen LogP contribution in [0.5, 0.6) is 0 Å². The highest BCUT2D eigenvalue weighted by Gasteiger charge is 2.27. The van der Waals surface area contributed by atoms with Crippen molar-refractivity contribution in [3.8, 4) is 0 Å². The van der Waals surface area contributed by atoms with E-state index < -0.39 is 0 Å². The Kier molecular flexibility index (Phi) is 4.64. The van der Waals surface area contributed by atoms with E-state index >= 15 is 0 Å². The maximum absolute atomic E-state index is 11.5. The fraction of sp³-hybridized carbons (Fsp3) is 0.588. The molecule has 0 aromatic heterocycles. The van der Waals surface area contributed by atoms with Crippen molar-refractivity contribution in [2.24, 2.45) is 0 Å². The first kappa shape index (κ1) is 15.3. The molecule has 2 aliphatic rings. The molecule has 5 nitrogen and oxygen atoms in total. The van der Waals surface area contributed by atoms with Gasteiger partial charge in [0.2, 0.25) is 0 Å². The number of cyclic esters (lactones) is 1. The number of nitrogens with zero attached hydrogens (tertiary/aromatic N) is 1. The van der Waals surface area contributed by atoms with Crippen LogP contribution in [0.3, 0.4) is 0 Å². The smallest absolute Gasteiger partial charge is 0.414 e. The second-order valence-corrected chi connectivity index (χ2v) is 6.29. The standard InChI is InChI=1S/C17H24N2O3/c1-17(8-2-3-10-22-17)13-18-12-14-4-6-15(7-5-14)19-9-11-21-16(19)20/h4-7,18H,2-3,8-13H2,1H3. The van der Waals surface area contributed by atoms with Gasteiger partial charge in [0.25, 0.3) is 0 Å². The van der Waals surface area contributed by atoms with Gasteiger partial charge in [0.15, 0.2) is 0 Å². The summed E-state index contributed by atoms with van der Waals surface area (Å²) in [6.07, 6.45) is 3.29. The van der Waals surface area contributed by atoms with Gasteiger partial charge in [-0.15, -0.1) is 0 Å². The maximum Gasteiger partial charge on any atom is 0.414 e. The minimum Gasteiger partial charge on any atom is -0.447 e. The summed E-state index contributed by atoms with van der Waals surface area (Å²) in [5.41, 5.74) is 2.07. The van der Waals surface area contributed by atoms with Crippen molar-refractivity contribution in [1.29, 1.82) is 0 Å². The zero-order valence-corrected chi connectivity index (χ0v) is 13.1. The van der Waals surface area contributed by atoms with Crippen molar-refractivity contribution >= 4 is 11.8 Å². The summed E-state index contributed by atoms with van der Waals surface area (Å²) in [7, 11) is 0. The quantitative estimate of drug-likeness (QED) is 0.908. The van der Waals surface area contributed by atoms with Gasteiger partial charge in [-0.05, 0) is 43.9 Å². The minimum absolute atomic E-state index is 0.0303. The number of carbonyl (C=O) groups excluding carboxylic acids is 1. The Morgan fingerprint density at radius 1 is 1.23 bits per heavy atom. The van der Waals surface area contributed by atoms with E-state index in [-0.39, 0.29) is 11.7 Å². The molecule has 2 fully saturated rings. The van der Waals surface area contributed by atoms with Gasteiger partial charge in [0.05, 0.1) is 12.1 Å². The van der Waals surface area contributed by atoms with Gasteiger partial charge in [-0.3, -0.25) is 4.90 Å². The molecule has 1 aromatic rings. The Morgan fingerprint density at radius 2 is 2.05 bits per heavy atom. The van der Waals surface area contributed by atoms with E-state index in [1.54, 1.807) is 4.90 Å². The van der Waals surface area contributed by atoms with Crippen LogP contribution < -0.4 is 10.2 Å². The first-order valence-corrected chi connectivity index (χ1v) is 8.04. The third kappa shape index (κ3) is 3.59. The fourth-order valence-corrected chi connectivity index (χ4v) is 3.02. The third-order valence-corrected chi connectivity index (χ3v) is 4.39. The van der Waals surface area contributed by atoms with Crippen molar-refractivity contribution in [2.45, 2.75) is 38.3 Å². The number of hydrogen-bond donors (Lipinski definition) is 1. The minimum atomic E-state index is -0.256. The number of nitrogens with one attached hydrogen (secondary N) is 1. The van der Waals surface area contributed by atoms with Gasteiger partial charge in [-0.2, -0.15) is 0 Å². The monoisotopic (exact) mass is 304 g/mol. The van der Waals surface area contributed by atoms with E-state index in [1.165, 1.54) is 18.4 Å². The van der Waals surface area contributed by atoms with E-state index in [1.807, 2.05) is 12.1 Å². The number of anilines is 1. The first-order valence-electron chi connectivity index (χ1n) is 8.04. The Morgan fingerprint density at radius 3 is 2.68 bits per heavy atom. The number of rotatable bonds is 5. The van der Waals surface area contributed by atoms with Gasteiger partial charge in [0, 0.05) is 25.4 Å². The number of benzene rings is 1. The van der Waals surface area contributed by atoms with Crippen molar-refractivity contribution in [1.82, 2.24) is 5.32 Å². The van der Waals surface area contributed by atoms with Crippen molar-refractivity contribution in [3.05, 3.63) is 29.8 Å². The van der Waals surface area contributed by atoms with Gasteiger partial charge < -0.3 is 14.8 Å². The average molecular weight is 304 g/mol. The zero-order valence-electron chi connectivity index (χ0n) is 13.1. The lowest BCUT2D eigenvalue weighted by Gasteiger charge is -2.34. The van der Waals surface area contributed by atoms with E-state index in [0.717, 1.165) is 31.8 Å². The second-order valence-electron chi connectivity index (χ2n) is 6.29. The summed E-state index contributed by atoms with van der Waals surface area (Å²) in [6, 6.07) is 8.06. The normalized spacial score (nSPS) is 25.3. The highest BCUT2D eigenvalue weighted by atomic mass is 16.6. The molecule has 0 spiro atoms. The predicted octanol–water partition coefficient (Wildman–Crippen LogP) is 2.69. The Balaban J connectivity index is 1.50. The molecule has 2 aliphatic heterocycles. The zero-order chi connectivity index (χ0) is 15.4. The van der Waals surface area contributed by atoms with Crippen molar-refractivity contribution in [2.75, 3.05) is 31.2 Å². The molecule has 1 N–H and O–H groups in total. The summed E-state index contributed by atoms with van der Waals surface area (Å²) in [4.78, 5) is 13.2. The van der Waals surface area contributed by atoms with Crippen LogP contribution in [0, 0.1) is 0 Å². The van der Waals surface area contributed by atoms with Crippen LogP contribution in [0.4, 0.5) is 10.5 Å². The average Bonchev–Trinajstić information content (AvgIpc) is 2.95. The number of hydrogen-bond acceptors (Lipinski definition) is 4. The van der Waals surface area contributed by atoms with Crippen LogP contribution in [0.25, 0.3) is 0 Å². The van der Waals surface area contributed by atoms with Crippen LogP contribution in [0.1, 0.15) is 31.7 Å². The largest absolute Gasteiger partial charge is 0.447 e. The second kappa shape index (κ2) is 6.67. The highest BCUT2D eigenvalue weighted by Crippen LogP contribution is 2.24. The third-order valence-electron chi connectivity index (χ3n) is 4.39. The van der Waals surface area contributed by atoms with Crippen molar-refractivity contribution < 1.29 is 14.3 Å². The molecule has 5 heteroatoms. The summed E-state index contributed by atoms with van der Waals surface area (Å²) in [5.74, 6) is 0. The number of amides is 1. The molecule has 0 radical (unpaired) electrons. The number of carbonyl (C=O) groups is 1. The summed E-state index contributed by atoms with van der Waals surface area (Å²) in [6.45, 7) is 5.84. The molecule has 1 aromatic carbocycles. The van der Waals surface area contributed by atoms with Crippen LogP contribution >= 0.6 is 0 Å². The summed E-state index contributed by atoms with van der Waals surface area (Å²) >= 11 is 0. The van der Waals surface area contributed by atoms with Crippen LogP contribution in [-0.2, 0) is 16.0 Å². The van der Waals surface area contributed by atoms with Gasteiger partial charge in [-0.1, -0.05) is 12.1 Å². The molecule has 0 aliphatic carbocycles. The van der Waals surface area contributed by atoms with Gasteiger partial charge in [-0.25, -0.2) is 4.79 Å². The SMILES string of the molecule is CC1(CNCc2ccc(N3CCOC3=O)cc2)CCCCO1. The fourth-order valence-electron chi connectivity index (χ4n) is 3.02. The Labute approximate surface area is 131 Å². The first-order chi connectivity index (χ1) is 10.7.